The van der Waals surface area contributed by atoms with Gasteiger partial charge in [0, 0.05) is 29.1 Å². The van der Waals surface area contributed by atoms with Crippen molar-refractivity contribution in [2.24, 2.45) is 5.73 Å². The van der Waals surface area contributed by atoms with Crippen molar-refractivity contribution in [1.29, 1.82) is 0 Å². The van der Waals surface area contributed by atoms with E-state index in [2.05, 4.69) is 23.2 Å². The molecule has 1 aromatic heterocycles. The molecule has 3 rings (SSSR count). The Balaban J connectivity index is 2.12. The molecule has 0 aliphatic heterocycles. The van der Waals surface area contributed by atoms with Gasteiger partial charge < -0.3 is 15.5 Å². The number of rotatable bonds is 3. The van der Waals surface area contributed by atoms with Gasteiger partial charge in [-0.1, -0.05) is 19.3 Å². The summed E-state index contributed by atoms with van der Waals surface area (Å²) in [6.45, 7) is 0.725. The van der Waals surface area contributed by atoms with Crippen molar-refractivity contribution in [2.75, 3.05) is 13.7 Å². The first-order valence-corrected chi connectivity index (χ1v) is 7.15. The summed E-state index contributed by atoms with van der Waals surface area (Å²) < 4.78 is 5.55. The Labute approximate surface area is 114 Å². The number of hydrogen-bond acceptors (Lipinski definition) is 2. The highest BCUT2D eigenvalue weighted by molar-refractivity contribution is 5.86. The zero-order chi connectivity index (χ0) is 13.3. The van der Waals surface area contributed by atoms with Gasteiger partial charge >= 0.3 is 0 Å². The lowest BCUT2D eigenvalue weighted by atomic mass is 9.69. The highest BCUT2D eigenvalue weighted by Gasteiger charge is 2.33. The van der Waals surface area contributed by atoms with Crippen LogP contribution in [0.2, 0.25) is 0 Å². The molecule has 0 saturated heterocycles. The molecule has 0 atom stereocenters. The molecule has 1 saturated carbocycles. The monoisotopic (exact) mass is 258 g/mol. The minimum absolute atomic E-state index is 0.144. The highest BCUT2D eigenvalue weighted by Crippen LogP contribution is 2.41. The van der Waals surface area contributed by atoms with Crippen LogP contribution in [0.15, 0.2) is 24.4 Å². The van der Waals surface area contributed by atoms with E-state index in [0.29, 0.717) is 0 Å². The first kappa shape index (κ1) is 12.5. The predicted molar refractivity (Wildman–Crippen MR) is 78.7 cm³/mol. The van der Waals surface area contributed by atoms with Crippen molar-refractivity contribution >= 4 is 10.9 Å². The van der Waals surface area contributed by atoms with Gasteiger partial charge in [-0.05, 0) is 36.6 Å². The number of aromatic amines is 1. The van der Waals surface area contributed by atoms with E-state index >= 15 is 0 Å². The molecule has 3 N–H and O–H groups in total. The molecule has 0 amide bonds. The highest BCUT2D eigenvalue weighted by atomic mass is 16.5. The topological polar surface area (TPSA) is 51.0 Å². The average Bonchev–Trinajstić information content (AvgIpc) is 2.95. The third-order valence-electron chi connectivity index (χ3n) is 4.66. The first-order chi connectivity index (χ1) is 9.29. The minimum Gasteiger partial charge on any atom is -0.496 e. The van der Waals surface area contributed by atoms with E-state index in [0.717, 1.165) is 23.2 Å². The van der Waals surface area contributed by atoms with E-state index in [1.165, 1.54) is 37.7 Å². The van der Waals surface area contributed by atoms with Crippen molar-refractivity contribution in [3.63, 3.8) is 0 Å². The molecule has 3 nitrogen and oxygen atoms in total. The standard InChI is InChI=1S/C16H22N2O/c1-19-15-10-12(9-14-13(15)5-8-18-14)16(11-17)6-3-2-4-7-16/h5,8-10,18H,2-4,6-7,11,17H2,1H3. The lowest BCUT2D eigenvalue weighted by Crippen LogP contribution is -2.37. The van der Waals surface area contributed by atoms with Gasteiger partial charge in [-0.25, -0.2) is 0 Å². The molecule has 0 spiro atoms. The minimum atomic E-state index is 0.144. The van der Waals surface area contributed by atoms with Gasteiger partial charge in [0.05, 0.1) is 7.11 Å². The zero-order valence-electron chi connectivity index (χ0n) is 11.5. The number of aromatic nitrogens is 1. The number of fused-ring (bicyclic) bond motifs is 1. The van der Waals surface area contributed by atoms with Gasteiger partial charge in [0.25, 0.3) is 0 Å². The van der Waals surface area contributed by atoms with Crippen LogP contribution < -0.4 is 10.5 Å². The fourth-order valence-corrected chi connectivity index (χ4v) is 3.45. The Morgan fingerprint density at radius 3 is 2.74 bits per heavy atom. The fourth-order valence-electron chi connectivity index (χ4n) is 3.45. The molecule has 3 heteroatoms. The Morgan fingerprint density at radius 1 is 1.26 bits per heavy atom. The van der Waals surface area contributed by atoms with Crippen LogP contribution in [0.5, 0.6) is 5.75 Å². The van der Waals surface area contributed by atoms with Gasteiger partial charge in [0.1, 0.15) is 5.75 Å². The van der Waals surface area contributed by atoms with E-state index in [1.807, 2.05) is 6.20 Å². The van der Waals surface area contributed by atoms with Crippen molar-refractivity contribution in [3.05, 3.63) is 30.0 Å². The van der Waals surface area contributed by atoms with Crippen molar-refractivity contribution in [2.45, 2.75) is 37.5 Å². The fraction of sp³-hybridized carbons (Fsp3) is 0.500. The summed E-state index contributed by atoms with van der Waals surface area (Å²) in [6.07, 6.45) is 8.25. The van der Waals surface area contributed by atoms with Crippen LogP contribution >= 0.6 is 0 Å². The van der Waals surface area contributed by atoms with Crippen molar-refractivity contribution < 1.29 is 4.74 Å². The third-order valence-corrected chi connectivity index (χ3v) is 4.66. The molecule has 1 aromatic carbocycles. The van der Waals surface area contributed by atoms with Crippen LogP contribution in [0.25, 0.3) is 10.9 Å². The average molecular weight is 258 g/mol. The van der Waals surface area contributed by atoms with Crippen molar-refractivity contribution in [3.8, 4) is 5.75 Å². The smallest absolute Gasteiger partial charge is 0.128 e. The van der Waals surface area contributed by atoms with E-state index in [1.54, 1.807) is 7.11 Å². The molecular weight excluding hydrogens is 236 g/mol. The second-order valence-electron chi connectivity index (χ2n) is 5.66. The van der Waals surface area contributed by atoms with Crippen LogP contribution in [0, 0.1) is 0 Å². The van der Waals surface area contributed by atoms with Gasteiger partial charge in [0.15, 0.2) is 0 Å². The third kappa shape index (κ3) is 2.02. The molecule has 102 valence electrons. The molecule has 0 radical (unpaired) electrons. The summed E-state index contributed by atoms with van der Waals surface area (Å²) in [5.41, 5.74) is 8.75. The number of benzene rings is 1. The largest absolute Gasteiger partial charge is 0.496 e. The molecule has 0 unspecified atom stereocenters. The zero-order valence-corrected chi connectivity index (χ0v) is 11.5. The number of nitrogens with one attached hydrogen (secondary N) is 1. The molecule has 2 aromatic rings. The molecule has 1 aliphatic carbocycles. The summed E-state index contributed by atoms with van der Waals surface area (Å²) in [5, 5.41) is 1.15. The summed E-state index contributed by atoms with van der Waals surface area (Å²) in [4.78, 5) is 3.29. The van der Waals surface area contributed by atoms with Crippen LogP contribution in [0.3, 0.4) is 0 Å². The summed E-state index contributed by atoms with van der Waals surface area (Å²) in [6, 6.07) is 6.51. The van der Waals surface area contributed by atoms with Gasteiger partial charge in [0.2, 0.25) is 0 Å². The van der Waals surface area contributed by atoms with Crippen LogP contribution in [0.1, 0.15) is 37.7 Å². The van der Waals surface area contributed by atoms with Crippen LogP contribution in [0.4, 0.5) is 0 Å². The van der Waals surface area contributed by atoms with E-state index in [4.69, 9.17) is 10.5 Å². The normalized spacial score (nSPS) is 18.6. The maximum absolute atomic E-state index is 6.13. The lowest BCUT2D eigenvalue weighted by molar-refractivity contribution is 0.300. The van der Waals surface area contributed by atoms with Gasteiger partial charge in [-0.2, -0.15) is 0 Å². The van der Waals surface area contributed by atoms with Crippen LogP contribution in [-0.4, -0.2) is 18.6 Å². The van der Waals surface area contributed by atoms with E-state index in [9.17, 15) is 0 Å². The molecule has 1 heterocycles. The number of hydrogen-bond donors (Lipinski definition) is 2. The molecule has 19 heavy (non-hydrogen) atoms. The maximum Gasteiger partial charge on any atom is 0.128 e. The number of methoxy groups -OCH3 is 1. The Bertz CT molecular complexity index is 567. The second-order valence-corrected chi connectivity index (χ2v) is 5.66. The van der Waals surface area contributed by atoms with E-state index in [-0.39, 0.29) is 5.41 Å². The quantitative estimate of drug-likeness (QED) is 0.887. The van der Waals surface area contributed by atoms with Gasteiger partial charge in [-0.3, -0.25) is 0 Å². The number of nitrogens with two attached hydrogens (primary N) is 1. The van der Waals surface area contributed by atoms with Crippen LogP contribution in [-0.2, 0) is 5.41 Å². The van der Waals surface area contributed by atoms with Crippen molar-refractivity contribution in [1.82, 2.24) is 4.98 Å². The Hall–Kier alpha value is -1.48. The summed E-state index contributed by atoms with van der Waals surface area (Å²) in [5.74, 6) is 0.951. The first-order valence-electron chi connectivity index (χ1n) is 7.15. The molecular formula is C16H22N2O. The molecule has 1 fully saturated rings. The maximum atomic E-state index is 6.13. The predicted octanol–water partition coefficient (Wildman–Crippen LogP) is 3.34. The summed E-state index contributed by atoms with van der Waals surface area (Å²) >= 11 is 0. The SMILES string of the molecule is COc1cc(C2(CN)CCCCC2)cc2[nH]ccc12. The second kappa shape index (κ2) is 4.89. The number of H-pyrrole nitrogens is 1. The summed E-state index contributed by atoms with van der Waals surface area (Å²) in [7, 11) is 1.74. The Morgan fingerprint density at radius 2 is 2.05 bits per heavy atom. The lowest BCUT2D eigenvalue weighted by Gasteiger charge is -2.37. The molecule has 1 aliphatic rings. The Kier molecular flexibility index (Phi) is 3.23. The number of ether oxygens (including phenoxy) is 1. The van der Waals surface area contributed by atoms with E-state index < -0.39 is 0 Å². The van der Waals surface area contributed by atoms with Gasteiger partial charge in [-0.15, -0.1) is 0 Å². The molecule has 0 bridgehead atoms.